The van der Waals surface area contributed by atoms with E-state index in [4.69, 9.17) is 0 Å². The van der Waals surface area contributed by atoms with E-state index in [1.54, 1.807) is 0 Å². The van der Waals surface area contributed by atoms with Gasteiger partial charge >= 0.3 is 0 Å². The molecule has 1 N–H and O–H groups in total. The molecule has 0 radical (unpaired) electrons. The lowest BCUT2D eigenvalue weighted by atomic mass is 10.1. The van der Waals surface area contributed by atoms with Gasteiger partial charge in [0, 0.05) is 18.5 Å². The van der Waals surface area contributed by atoms with E-state index in [1.807, 2.05) is 5.01 Å². The van der Waals surface area contributed by atoms with Crippen LogP contribution in [0.25, 0.3) is 0 Å². The molecular formula is C18H38N2O. The van der Waals surface area contributed by atoms with Crippen molar-refractivity contribution < 1.29 is 4.79 Å². The summed E-state index contributed by atoms with van der Waals surface area (Å²) in [6.07, 6.45) is 12.3. The predicted molar refractivity (Wildman–Crippen MR) is 92.1 cm³/mol. The van der Waals surface area contributed by atoms with Crippen LogP contribution < -0.4 is 5.43 Å². The van der Waals surface area contributed by atoms with E-state index in [0.29, 0.717) is 18.5 Å². The van der Waals surface area contributed by atoms with E-state index in [0.717, 1.165) is 6.42 Å². The first-order valence-corrected chi connectivity index (χ1v) is 9.06. The van der Waals surface area contributed by atoms with Crippen molar-refractivity contribution in [3.05, 3.63) is 0 Å². The number of unbranched alkanes of at least 4 members (excludes halogenated alkanes) is 8. The van der Waals surface area contributed by atoms with Gasteiger partial charge in [0.1, 0.15) is 0 Å². The molecule has 0 aliphatic heterocycles. The second kappa shape index (κ2) is 13.1. The summed E-state index contributed by atoms with van der Waals surface area (Å²) in [4.78, 5) is 11.9. The highest BCUT2D eigenvalue weighted by atomic mass is 16.2. The number of hydrogen-bond acceptors (Lipinski definition) is 2. The Balaban J connectivity index is 3.53. The molecule has 0 fully saturated rings. The van der Waals surface area contributed by atoms with Crippen LogP contribution in [0, 0.1) is 0 Å². The summed E-state index contributed by atoms with van der Waals surface area (Å²) in [6.45, 7) is 10.7. The lowest BCUT2D eigenvalue weighted by molar-refractivity contribution is -0.128. The number of carbonyl (C=O) groups is 1. The molecule has 0 saturated carbocycles. The lowest BCUT2D eigenvalue weighted by Crippen LogP contribution is -2.50. The van der Waals surface area contributed by atoms with Crippen molar-refractivity contribution in [3.8, 4) is 0 Å². The van der Waals surface area contributed by atoms with E-state index in [-0.39, 0.29) is 5.91 Å². The van der Waals surface area contributed by atoms with Crippen molar-refractivity contribution in [2.75, 3.05) is 0 Å². The molecule has 0 heterocycles. The Morgan fingerprint density at radius 3 is 1.67 bits per heavy atom. The maximum absolute atomic E-state index is 11.9. The summed E-state index contributed by atoms with van der Waals surface area (Å²) in [5.41, 5.74) is 3.04. The second-order valence-corrected chi connectivity index (χ2v) is 6.71. The number of carbonyl (C=O) groups excluding carboxylic acids is 1. The SMILES string of the molecule is CCCCCCCCCCCC(=O)NN(C(C)C)C(C)C. The van der Waals surface area contributed by atoms with E-state index in [2.05, 4.69) is 40.0 Å². The van der Waals surface area contributed by atoms with Crippen LogP contribution in [0.3, 0.4) is 0 Å². The third kappa shape index (κ3) is 11.7. The first-order valence-electron chi connectivity index (χ1n) is 9.06. The molecule has 0 aromatic rings. The Morgan fingerprint density at radius 2 is 1.24 bits per heavy atom. The molecule has 3 nitrogen and oxygen atoms in total. The highest BCUT2D eigenvalue weighted by Crippen LogP contribution is 2.10. The molecular weight excluding hydrogens is 260 g/mol. The largest absolute Gasteiger partial charge is 0.288 e. The molecule has 0 bridgehead atoms. The van der Waals surface area contributed by atoms with Crippen LogP contribution in [0.2, 0.25) is 0 Å². The Labute approximate surface area is 132 Å². The summed E-state index contributed by atoms with van der Waals surface area (Å²) < 4.78 is 0. The molecule has 0 rings (SSSR count). The van der Waals surface area contributed by atoms with Gasteiger partial charge in [0.25, 0.3) is 0 Å². The molecule has 0 saturated heterocycles. The molecule has 126 valence electrons. The van der Waals surface area contributed by atoms with Crippen molar-refractivity contribution in [1.29, 1.82) is 0 Å². The maximum atomic E-state index is 11.9. The van der Waals surface area contributed by atoms with Gasteiger partial charge in [-0.1, -0.05) is 58.3 Å². The fourth-order valence-electron chi connectivity index (χ4n) is 2.65. The molecule has 0 aliphatic carbocycles. The zero-order chi connectivity index (χ0) is 16.1. The fourth-order valence-corrected chi connectivity index (χ4v) is 2.65. The summed E-state index contributed by atoms with van der Waals surface area (Å²) in [5.74, 6) is 0.167. The zero-order valence-electron chi connectivity index (χ0n) is 15.1. The van der Waals surface area contributed by atoms with Gasteiger partial charge in [-0.25, -0.2) is 5.01 Å². The van der Waals surface area contributed by atoms with Crippen LogP contribution in [0.15, 0.2) is 0 Å². The van der Waals surface area contributed by atoms with Gasteiger partial charge in [-0.2, -0.15) is 0 Å². The first kappa shape index (κ1) is 20.4. The molecule has 0 atom stereocenters. The zero-order valence-corrected chi connectivity index (χ0v) is 15.1. The third-order valence-corrected chi connectivity index (χ3v) is 3.87. The normalized spacial score (nSPS) is 11.6. The quantitative estimate of drug-likeness (QED) is 0.381. The van der Waals surface area contributed by atoms with Crippen LogP contribution in [0.1, 0.15) is 98.8 Å². The predicted octanol–water partition coefficient (Wildman–Crippen LogP) is 5.06. The van der Waals surface area contributed by atoms with Gasteiger partial charge in [0.15, 0.2) is 0 Å². The van der Waals surface area contributed by atoms with Crippen LogP contribution >= 0.6 is 0 Å². The van der Waals surface area contributed by atoms with Crippen LogP contribution in [0.5, 0.6) is 0 Å². The highest BCUT2D eigenvalue weighted by molar-refractivity contribution is 5.75. The molecule has 21 heavy (non-hydrogen) atoms. The van der Waals surface area contributed by atoms with Crippen LogP contribution in [0.4, 0.5) is 0 Å². The van der Waals surface area contributed by atoms with Crippen molar-refractivity contribution >= 4 is 5.91 Å². The summed E-state index contributed by atoms with van der Waals surface area (Å²) >= 11 is 0. The number of nitrogens with zero attached hydrogens (tertiary/aromatic N) is 1. The number of hydrogen-bond donors (Lipinski definition) is 1. The molecule has 0 aromatic carbocycles. The minimum Gasteiger partial charge on any atom is -0.288 e. The lowest BCUT2D eigenvalue weighted by Gasteiger charge is -2.30. The van der Waals surface area contributed by atoms with Crippen LogP contribution in [-0.2, 0) is 4.79 Å². The molecule has 0 spiro atoms. The van der Waals surface area contributed by atoms with Gasteiger partial charge in [-0.15, -0.1) is 0 Å². The first-order chi connectivity index (χ1) is 9.99. The van der Waals surface area contributed by atoms with Gasteiger partial charge in [-0.3, -0.25) is 10.2 Å². The number of amides is 1. The standard InChI is InChI=1S/C18H38N2O/c1-6-7-8-9-10-11-12-13-14-15-18(21)19-20(16(2)3)17(4)5/h16-17H,6-15H2,1-5H3,(H,19,21). The van der Waals surface area contributed by atoms with E-state index in [9.17, 15) is 4.79 Å². The maximum Gasteiger partial charge on any atom is 0.234 e. The van der Waals surface area contributed by atoms with Crippen LogP contribution in [-0.4, -0.2) is 23.0 Å². The molecule has 1 amide bonds. The minimum absolute atomic E-state index is 0.167. The van der Waals surface area contributed by atoms with Gasteiger partial charge in [0.05, 0.1) is 0 Å². The van der Waals surface area contributed by atoms with Crippen molar-refractivity contribution in [2.45, 2.75) is 111 Å². The third-order valence-electron chi connectivity index (χ3n) is 3.87. The Kier molecular flexibility index (Phi) is 12.8. The van der Waals surface area contributed by atoms with Gasteiger partial charge in [0.2, 0.25) is 5.91 Å². The highest BCUT2D eigenvalue weighted by Gasteiger charge is 2.15. The van der Waals surface area contributed by atoms with Crippen molar-refractivity contribution in [2.24, 2.45) is 0 Å². The Hall–Kier alpha value is -0.570. The Bertz CT molecular complexity index is 244. The van der Waals surface area contributed by atoms with E-state index >= 15 is 0 Å². The van der Waals surface area contributed by atoms with E-state index in [1.165, 1.54) is 51.4 Å². The second-order valence-electron chi connectivity index (χ2n) is 6.71. The summed E-state index contributed by atoms with van der Waals surface area (Å²) in [7, 11) is 0. The van der Waals surface area contributed by atoms with Gasteiger partial charge in [-0.05, 0) is 34.1 Å². The number of nitrogens with one attached hydrogen (secondary N) is 1. The average molecular weight is 299 g/mol. The summed E-state index contributed by atoms with van der Waals surface area (Å²) in [6, 6.07) is 0.689. The van der Waals surface area contributed by atoms with E-state index < -0.39 is 0 Å². The molecule has 0 aromatic heterocycles. The smallest absolute Gasteiger partial charge is 0.234 e. The topological polar surface area (TPSA) is 32.3 Å². The number of hydrazine groups is 1. The fraction of sp³-hybridized carbons (Fsp3) is 0.944. The molecule has 0 unspecified atom stereocenters. The average Bonchev–Trinajstić information content (AvgIpc) is 2.42. The van der Waals surface area contributed by atoms with Gasteiger partial charge < -0.3 is 0 Å². The minimum atomic E-state index is 0.167. The van der Waals surface area contributed by atoms with Crippen molar-refractivity contribution in [1.82, 2.24) is 10.4 Å². The summed E-state index contributed by atoms with van der Waals surface area (Å²) in [5, 5.41) is 2.04. The number of rotatable bonds is 13. The Morgan fingerprint density at radius 1 is 0.810 bits per heavy atom. The molecule has 0 aliphatic rings. The van der Waals surface area contributed by atoms with Crippen molar-refractivity contribution in [3.63, 3.8) is 0 Å². The molecule has 3 heteroatoms. The monoisotopic (exact) mass is 298 g/mol.